The minimum absolute atomic E-state index is 0.182. The molecule has 0 aliphatic carbocycles. The Kier molecular flexibility index (Phi) is 2.31. The number of hydrogen-bond donors (Lipinski definition) is 0. The highest BCUT2D eigenvalue weighted by Crippen LogP contribution is 2.19. The number of fused-ring (bicyclic) bond motifs is 1. The van der Waals surface area contributed by atoms with E-state index in [-0.39, 0.29) is 11.5 Å². The Morgan fingerprint density at radius 2 is 1.94 bits per heavy atom. The lowest BCUT2D eigenvalue weighted by Gasteiger charge is -1.97. The molecule has 2 aromatic rings. The third-order valence-corrected chi connectivity index (χ3v) is 3.11. The molecular formula is C10H10N2O3S. The van der Waals surface area contributed by atoms with E-state index in [1.165, 1.54) is 6.92 Å². The number of para-hydroxylation sites is 1. The van der Waals surface area contributed by atoms with Crippen LogP contribution in [0.25, 0.3) is 10.9 Å². The highest BCUT2D eigenvalue weighted by Gasteiger charge is 2.18. The number of benzene rings is 1. The van der Waals surface area contributed by atoms with Crippen LogP contribution < -0.4 is 0 Å². The van der Waals surface area contributed by atoms with Gasteiger partial charge in [0.1, 0.15) is 5.69 Å². The van der Waals surface area contributed by atoms with Crippen molar-refractivity contribution in [1.29, 1.82) is 0 Å². The van der Waals surface area contributed by atoms with E-state index in [1.54, 1.807) is 24.3 Å². The average Bonchev–Trinajstić information content (AvgIpc) is 2.56. The van der Waals surface area contributed by atoms with Crippen LogP contribution >= 0.6 is 0 Å². The number of carbonyl (C=O) groups excluding carboxylic acids is 1. The Labute approximate surface area is 92.7 Å². The molecule has 6 heteroatoms. The molecule has 0 N–H and O–H groups in total. The van der Waals surface area contributed by atoms with Gasteiger partial charge in [-0.3, -0.25) is 4.79 Å². The van der Waals surface area contributed by atoms with Crippen molar-refractivity contribution in [3.63, 3.8) is 0 Å². The maximum absolute atomic E-state index is 11.5. The Morgan fingerprint density at radius 1 is 1.31 bits per heavy atom. The summed E-state index contributed by atoms with van der Waals surface area (Å²) in [5.41, 5.74) is 0.608. The van der Waals surface area contributed by atoms with Gasteiger partial charge in [-0.2, -0.15) is 9.19 Å². The molecule has 0 saturated carbocycles. The fourth-order valence-corrected chi connectivity index (χ4v) is 2.30. The van der Waals surface area contributed by atoms with Gasteiger partial charge in [-0.1, -0.05) is 18.2 Å². The summed E-state index contributed by atoms with van der Waals surface area (Å²) in [7, 11) is -3.49. The standard InChI is InChI=1S/C10H10N2O3S/c1-7(13)10-8-5-3-4-6-9(8)12(11-10)16(2,14)15/h3-6H,1-2H3. The summed E-state index contributed by atoms with van der Waals surface area (Å²) in [4.78, 5) is 11.3. The molecule has 0 unspecified atom stereocenters. The Morgan fingerprint density at radius 3 is 2.50 bits per heavy atom. The molecule has 0 aliphatic heterocycles. The largest absolute Gasteiger partial charge is 0.293 e. The predicted molar refractivity (Wildman–Crippen MR) is 60.0 cm³/mol. The van der Waals surface area contributed by atoms with Crippen LogP contribution in [0.5, 0.6) is 0 Å². The van der Waals surface area contributed by atoms with Gasteiger partial charge in [0, 0.05) is 12.3 Å². The minimum atomic E-state index is -3.49. The van der Waals surface area contributed by atoms with Crippen molar-refractivity contribution in [3.8, 4) is 0 Å². The molecule has 1 aromatic carbocycles. The van der Waals surface area contributed by atoms with E-state index in [0.29, 0.717) is 10.9 Å². The van der Waals surface area contributed by atoms with Crippen molar-refractivity contribution >= 4 is 26.7 Å². The van der Waals surface area contributed by atoms with Gasteiger partial charge in [0.05, 0.1) is 11.8 Å². The number of Topliss-reactive ketones (excluding diaryl/α,β-unsaturated/α-hetero) is 1. The molecule has 0 aliphatic rings. The quantitative estimate of drug-likeness (QED) is 0.733. The molecule has 1 aromatic heterocycles. The van der Waals surface area contributed by atoms with E-state index < -0.39 is 10.0 Å². The molecule has 0 fully saturated rings. The van der Waals surface area contributed by atoms with Gasteiger partial charge >= 0.3 is 0 Å². The molecule has 16 heavy (non-hydrogen) atoms. The van der Waals surface area contributed by atoms with Gasteiger partial charge in [0.2, 0.25) is 0 Å². The maximum atomic E-state index is 11.5. The summed E-state index contributed by atoms with van der Waals surface area (Å²) in [6.07, 6.45) is 1.05. The lowest BCUT2D eigenvalue weighted by Crippen LogP contribution is -2.12. The smallest absolute Gasteiger partial charge is 0.251 e. The van der Waals surface area contributed by atoms with E-state index in [1.807, 2.05) is 0 Å². The van der Waals surface area contributed by atoms with Crippen LogP contribution in [0.4, 0.5) is 0 Å². The third kappa shape index (κ3) is 1.61. The van der Waals surface area contributed by atoms with Crippen molar-refractivity contribution in [2.24, 2.45) is 0 Å². The molecule has 0 spiro atoms. The highest BCUT2D eigenvalue weighted by atomic mass is 32.2. The third-order valence-electron chi connectivity index (χ3n) is 2.20. The highest BCUT2D eigenvalue weighted by molar-refractivity contribution is 7.89. The number of hydrogen-bond acceptors (Lipinski definition) is 4. The Bertz CT molecular complexity index is 670. The van der Waals surface area contributed by atoms with Crippen LogP contribution in [0, 0.1) is 0 Å². The average molecular weight is 238 g/mol. The molecule has 5 nitrogen and oxygen atoms in total. The van der Waals surface area contributed by atoms with E-state index in [0.717, 1.165) is 10.3 Å². The fourth-order valence-electron chi connectivity index (χ4n) is 1.55. The second-order valence-electron chi connectivity index (χ2n) is 3.53. The van der Waals surface area contributed by atoms with Crippen molar-refractivity contribution in [3.05, 3.63) is 30.0 Å². The molecule has 0 radical (unpaired) electrons. The molecule has 84 valence electrons. The summed E-state index contributed by atoms with van der Waals surface area (Å²) < 4.78 is 23.8. The normalized spacial score (nSPS) is 11.9. The molecular weight excluding hydrogens is 228 g/mol. The summed E-state index contributed by atoms with van der Waals surface area (Å²) in [6, 6.07) is 6.75. The van der Waals surface area contributed by atoms with Crippen LogP contribution in [0.3, 0.4) is 0 Å². The monoisotopic (exact) mass is 238 g/mol. The van der Waals surface area contributed by atoms with E-state index in [4.69, 9.17) is 0 Å². The minimum Gasteiger partial charge on any atom is -0.293 e. The van der Waals surface area contributed by atoms with E-state index >= 15 is 0 Å². The first-order valence-electron chi connectivity index (χ1n) is 4.60. The summed E-state index contributed by atoms with van der Waals surface area (Å²) >= 11 is 0. The van der Waals surface area contributed by atoms with Gasteiger partial charge in [-0.15, -0.1) is 0 Å². The van der Waals surface area contributed by atoms with Crippen molar-refractivity contribution in [1.82, 2.24) is 9.19 Å². The predicted octanol–water partition coefficient (Wildman–Crippen LogP) is 1.05. The Hall–Kier alpha value is -1.69. The van der Waals surface area contributed by atoms with Gasteiger partial charge in [-0.05, 0) is 6.07 Å². The number of ketones is 1. The van der Waals surface area contributed by atoms with Crippen LogP contribution in [0.15, 0.2) is 24.3 Å². The molecule has 1 heterocycles. The second-order valence-corrected chi connectivity index (χ2v) is 5.34. The second kappa shape index (κ2) is 3.41. The summed E-state index contributed by atoms with van der Waals surface area (Å²) in [5.74, 6) is -0.251. The summed E-state index contributed by atoms with van der Waals surface area (Å²) in [6.45, 7) is 1.36. The number of rotatable bonds is 2. The first-order chi connectivity index (χ1) is 7.41. The molecule has 2 rings (SSSR count). The van der Waals surface area contributed by atoms with E-state index in [2.05, 4.69) is 5.10 Å². The number of carbonyl (C=O) groups is 1. The van der Waals surface area contributed by atoms with Gasteiger partial charge in [0.15, 0.2) is 5.78 Å². The first kappa shape index (κ1) is 10.8. The van der Waals surface area contributed by atoms with Crippen LogP contribution in [-0.2, 0) is 10.0 Å². The van der Waals surface area contributed by atoms with Crippen molar-refractivity contribution < 1.29 is 13.2 Å². The van der Waals surface area contributed by atoms with Gasteiger partial charge < -0.3 is 0 Å². The Balaban J connectivity index is 2.93. The van der Waals surface area contributed by atoms with Gasteiger partial charge in [-0.25, -0.2) is 8.42 Å². The van der Waals surface area contributed by atoms with Crippen LogP contribution in [0.2, 0.25) is 0 Å². The fraction of sp³-hybridized carbons (Fsp3) is 0.200. The zero-order valence-corrected chi connectivity index (χ0v) is 9.65. The first-order valence-corrected chi connectivity index (χ1v) is 6.45. The zero-order valence-electron chi connectivity index (χ0n) is 8.84. The molecule has 0 bridgehead atoms. The molecule has 0 saturated heterocycles. The zero-order chi connectivity index (χ0) is 11.9. The summed E-state index contributed by atoms with van der Waals surface area (Å²) in [5, 5.41) is 4.40. The van der Waals surface area contributed by atoms with E-state index in [9.17, 15) is 13.2 Å². The lowest BCUT2D eigenvalue weighted by molar-refractivity contribution is 0.101. The van der Waals surface area contributed by atoms with Crippen molar-refractivity contribution in [2.45, 2.75) is 6.92 Å². The van der Waals surface area contributed by atoms with Gasteiger partial charge in [0.25, 0.3) is 10.0 Å². The SMILES string of the molecule is CC(=O)c1nn(S(C)(=O)=O)c2ccccc12. The van der Waals surface area contributed by atoms with Crippen LogP contribution in [0.1, 0.15) is 17.4 Å². The number of nitrogens with zero attached hydrogens (tertiary/aromatic N) is 2. The maximum Gasteiger partial charge on any atom is 0.251 e. The lowest BCUT2D eigenvalue weighted by atomic mass is 10.2. The molecule has 0 atom stereocenters. The molecule has 0 amide bonds. The topological polar surface area (TPSA) is 69.0 Å². The van der Waals surface area contributed by atoms with Crippen molar-refractivity contribution in [2.75, 3.05) is 6.26 Å². The van der Waals surface area contributed by atoms with Crippen LogP contribution in [-0.4, -0.2) is 29.6 Å². The number of aromatic nitrogens is 2.